The molecule has 1 aliphatic carbocycles. The van der Waals surface area contributed by atoms with Crippen LogP contribution in [0.5, 0.6) is 0 Å². The number of nitrogens with two attached hydrogens (primary N) is 1. The Labute approximate surface area is 83.1 Å². The fraction of sp³-hybridized carbons (Fsp3) is 1.00. The summed E-state index contributed by atoms with van der Waals surface area (Å²) in [5.74, 6) is 2.03. The smallest absolute Gasteiger partial charge is 0.00105 e. The van der Waals surface area contributed by atoms with Gasteiger partial charge in [0.15, 0.2) is 0 Å². The first-order valence-electron chi connectivity index (χ1n) is 5.98. The lowest BCUT2D eigenvalue weighted by Crippen LogP contribution is -2.19. The van der Waals surface area contributed by atoms with E-state index in [-0.39, 0.29) is 0 Å². The minimum Gasteiger partial charge on any atom is -0.328 e. The van der Waals surface area contributed by atoms with Gasteiger partial charge in [-0.1, -0.05) is 39.0 Å². The van der Waals surface area contributed by atoms with E-state index in [1.165, 1.54) is 44.9 Å². The van der Waals surface area contributed by atoms with Gasteiger partial charge in [0.1, 0.15) is 0 Å². The minimum atomic E-state index is 0.406. The standard InChI is InChI=1S/C12H25N/c1-3-11-6-8-12(9-7-11)5-4-10(2)13/h10-12H,3-9,13H2,1-2H3/t10-,11?,12?/m0/s1. The zero-order chi connectivity index (χ0) is 9.68. The van der Waals surface area contributed by atoms with Crippen molar-refractivity contribution in [1.82, 2.24) is 0 Å². The van der Waals surface area contributed by atoms with Crippen molar-refractivity contribution in [2.45, 2.75) is 64.8 Å². The molecule has 0 aromatic heterocycles. The van der Waals surface area contributed by atoms with Crippen LogP contribution < -0.4 is 5.73 Å². The van der Waals surface area contributed by atoms with Crippen molar-refractivity contribution >= 4 is 0 Å². The summed E-state index contributed by atoms with van der Waals surface area (Å²) in [4.78, 5) is 0. The van der Waals surface area contributed by atoms with Gasteiger partial charge in [-0.05, 0) is 31.6 Å². The molecule has 0 aromatic carbocycles. The Bertz CT molecular complexity index is 123. The lowest BCUT2D eigenvalue weighted by Gasteiger charge is -2.28. The van der Waals surface area contributed by atoms with Crippen LogP contribution in [0.4, 0.5) is 0 Å². The first-order valence-corrected chi connectivity index (χ1v) is 5.98. The van der Waals surface area contributed by atoms with E-state index in [1.807, 2.05) is 0 Å². The quantitative estimate of drug-likeness (QED) is 0.711. The summed E-state index contributed by atoms with van der Waals surface area (Å²) in [5.41, 5.74) is 5.76. The molecular formula is C12H25N. The van der Waals surface area contributed by atoms with Crippen LogP contribution >= 0.6 is 0 Å². The van der Waals surface area contributed by atoms with Gasteiger partial charge >= 0.3 is 0 Å². The molecule has 0 aliphatic heterocycles. The molecule has 0 heterocycles. The van der Waals surface area contributed by atoms with Crippen molar-refractivity contribution < 1.29 is 0 Å². The second kappa shape index (κ2) is 5.64. The van der Waals surface area contributed by atoms with Crippen LogP contribution in [-0.2, 0) is 0 Å². The molecule has 0 unspecified atom stereocenters. The van der Waals surface area contributed by atoms with Crippen LogP contribution in [0.2, 0.25) is 0 Å². The summed E-state index contributed by atoms with van der Waals surface area (Å²) in [6, 6.07) is 0.406. The van der Waals surface area contributed by atoms with Crippen molar-refractivity contribution in [3.63, 3.8) is 0 Å². The summed E-state index contributed by atoms with van der Waals surface area (Å²) >= 11 is 0. The van der Waals surface area contributed by atoms with Crippen LogP contribution in [0.3, 0.4) is 0 Å². The summed E-state index contributed by atoms with van der Waals surface area (Å²) in [5, 5.41) is 0. The van der Waals surface area contributed by atoms with E-state index in [1.54, 1.807) is 0 Å². The van der Waals surface area contributed by atoms with Crippen LogP contribution in [0.25, 0.3) is 0 Å². The summed E-state index contributed by atoms with van der Waals surface area (Å²) in [6.07, 6.45) is 9.85. The lowest BCUT2D eigenvalue weighted by molar-refractivity contribution is 0.252. The van der Waals surface area contributed by atoms with Crippen molar-refractivity contribution in [3.8, 4) is 0 Å². The van der Waals surface area contributed by atoms with E-state index < -0.39 is 0 Å². The van der Waals surface area contributed by atoms with Gasteiger partial charge in [-0.3, -0.25) is 0 Å². The summed E-state index contributed by atoms with van der Waals surface area (Å²) in [6.45, 7) is 4.45. The Balaban J connectivity index is 2.10. The molecule has 2 N–H and O–H groups in total. The van der Waals surface area contributed by atoms with Gasteiger partial charge in [-0.15, -0.1) is 0 Å². The van der Waals surface area contributed by atoms with Crippen LogP contribution in [0.1, 0.15) is 58.8 Å². The van der Waals surface area contributed by atoms with Crippen molar-refractivity contribution in [2.75, 3.05) is 0 Å². The molecule has 0 spiro atoms. The number of hydrogen-bond acceptors (Lipinski definition) is 1. The Morgan fingerprint density at radius 1 is 1.15 bits per heavy atom. The van der Waals surface area contributed by atoms with E-state index >= 15 is 0 Å². The normalized spacial score (nSPS) is 31.6. The predicted octanol–water partition coefficient (Wildman–Crippen LogP) is 3.33. The molecule has 1 rings (SSSR count). The highest BCUT2D eigenvalue weighted by Gasteiger charge is 2.19. The zero-order valence-electron chi connectivity index (χ0n) is 9.26. The Morgan fingerprint density at radius 2 is 1.69 bits per heavy atom. The Morgan fingerprint density at radius 3 is 2.15 bits per heavy atom. The third-order valence-electron chi connectivity index (χ3n) is 3.57. The summed E-state index contributed by atoms with van der Waals surface area (Å²) < 4.78 is 0. The first-order chi connectivity index (χ1) is 6.22. The first kappa shape index (κ1) is 11.0. The molecule has 1 nitrogen and oxygen atoms in total. The molecule has 1 fully saturated rings. The second-order valence-corrected chi connectivity index (χ2v) is 4.85. The molecule has 78 valence electrons. The highest BCUT2D eigenvalue weighted by atomic mass is 14.6. The Kier molecular flexibility index (Phi) is 4.79. The molecule has 1 heteroatoms. The molecule has 0 aromatic rings. The molecule has 0 saturated heterocycles. The fourth-order valence-corrected chi connectivity index (χ4v) is 2.43. The molecule has 1 saturated carbocycles. The van der Waals surface area contributed by atoms with E-state index in [0.717, 1.165) is 11.8 Å². The molecule has 0 radical (unpaired) electrons. The van der Waals surface area contributed by atoms with Crippen LogP contribution in [-0.4, -0.2) is 6.04 Å². The van der Waals surface area contributed by atoms with Gasteiger partial charge in [0.05, 0.1) is 0 Å². The van der Waals surface area contributed by atoms with Crippen LogP contribution in [0, 0.1) is 11.8 Å². The molecule has 1 atom stereocenters. The highest BCUT2D eigenvalue weighted by Crippen LogP contribution is 2.32. The average Bonchev–Trinajstić information content (AvgIpc) is 2.15. The average molecular weight is 183 g/mol. The van der Waals surface area contributed by atoms with Gasteiger partial charge in [0.25, 0.3) is 0 Å². The maximum Gasteiger partial charge on any atom is 0.00105 e. The lowest BCUT2D eigenvalue weighted by atomic mass is 9.79. The third kappa shape index (κ3) is 4.12. The van der Waals surface area contributed by atoms with Gasteiger partial charge in [0, 0.05) is 6.04 Å². The SMILES string of the molecule is CCC1CCC(CC[C@H](C)N)CC1. The molecular weight excluding hydrogens is 158 g/mol. The van der Waals surface area contributed by atoms with Gasteiger partial charge in [-0.2, -0.15) is 0 Å². The van der Waals surface area contributed by atoms with Gasteiger partial charge in [-0.25, -0.2) is 0 Å². The molecule has 0 bridgehead atoms. The van der Waals surface area contributed by atoms with Gasteiger partial charge < -0.3 is 5.73 Å². The topological polar surface area (TPSA) is 26.0 Å². The second-order valence-electron chi connectivity index (χ2n) is 4.85. The highest BCUT2D eigenvalue weighted by molar-refractivity contribution is 4.72. The third-order valence-corrected chi connectivity index (χ3v) is 3.57. The van der Waals surface area contributed by atoms with Crippen molar-refractivity contribution in [2.24, 2.45) is 17.6 Å². The summed E-state index contributed by atoms with van der Waals surface area (Å²) in [7, 11) is 0. The zero-order valence-corrected chi connectivity index (χ0v) is 9.26. The van der Waals surface area contributed by atoms with E-state index in [9.17, 15) is 0 Å². The maximum atomic E-state index is 5.76. The largest absolute Gasteiger partial charge is 0.328 e. The van der Waals surface area contributed by atoms with Crippen molar-refractivity contribution in [1.29, 1.82) is 0 Å². The van der Waals surface area contributed by atoms with E-state index in [0.29, 0.717) is 6.04 Å². The molecule has 1 aliphatic rings. The van der Waals surface area contributed by atoms with Crippen LogP contribution in [0.15, 0.2) is 0 Å². The number of rotatable bonds is 4. The molecule has 0 amide bonds. The molecule has 13 heavy (non-hydrogen) atoms. The minimum absolute atomic E-state index is 0.406. The fourth-order valence-electron chi connectivity index (χ4n) is 2.43. The van der Waals surface area contributed by atoms with E-state index in [2.05, 4.69) is 13.8 Å². The maximum absolute atomic E-state index is 5.76. The number of hydrogen-bond donors (Lipinski definition) is 1. The predicted molar refractivity (Wildman–Crippen MR) is 58.6 cm³/mol. The van der Waals surface area contributed by atoms with Crippen molar-refractivity contribution in [3.05, 3.63) is 0 Å². The van der Waals surface area contributed by atoms with Gasteiger partial charge in [0.2, 0.25) is 0 Å². The monoisotopic (exact) mass is 183 g/mol. The Hall–Kier alpha value is -0.0400. The van der Waals surface area contributed by atoms with E-state index in [4.69, 9.17) is 5.73 Å².